The van der Waals surface area contributed by atoms with Gasteiger partial charge in [-0.2, -0.15) is 11.8 Å². The number of aliphatic imine (C=N–C) groups is 1. The standard InChI is InChI=1S/C14H29N3S/c1-11-6-8-17(9-7-11)13(15)16-10-12(18-5)14(2,3)4/h11-12H,6-10H2,1-5H3,(H2,15,16). The van der Waals surface area contributed by atoms with Crippen LogP contribution in [0, 0.1) is 11.3 Å². The quantitative estimate of drug-likeness (QED) is 0.634. The predicted octanol–water partition coefficient (Wildman–Crippen LogP) is 2.81. The van der Waals surface area contributed by atoms with Crippen molar-refractivity contribution in [2.75, 3.05) is 25.9 Å². The molecule has 1 aliphatic rings. The molecule has 1 unspecified atom stereocenters. The summed E-state index contributed by atoms with van der Waals surface area (Å²) in [7, 11) is 0. The Kier molecular flexibility index (Phi) is 5.83. The molecule has 106 valence electrons. The molecule has 0 aliphatic carbocycles. The number of hydrogen-bond donors (Lipinski definition) is 1. The Morgan fingerprint density at radius 1 is 1.39 bits per heavy atom. The molecular weight excluding hydrogens is 242 g/mol. The van der Waals surface area contributed by atoms with Crippen molar-refractivity contribution in [1.82, 2.24) is 4.90 Å². The van der Waals surface area contributed by atoms with Gasteiger partial charge in [0.1, 0.15) is 0 Å². The molecule has 1 fully saturated rings. The van der Waals surface area contributed by atoms with Crippen molar-refractivity contribution in [3.05, 3.63) is 0 Å². The van der Waals surface area contributed by atoms with E-state index in [-0.39, 0.29) is 5.41 Å². The van der Waals surface area contributed by atoms with Gasteiger partial charge in [0.05, 0.1) is 6.54 Å². The van der Waals surface area contributed by atoms with Gasteiger partial charge in [-0.15, -0.1) is 0 Å². The van der Waals surface area contributed by atoms with E-state index in [1.807, 2.05) is 11.8 Å². The van der Waals surface area contributed by atoms with Gasteiger partial charge in [0.2, 0.25) is 0 Å². The third-order valence-corrected chi connectivity index (χ3v) is 5.20. The summed E-state index contributed by atoms with van der Waals surface area (Å²) in [5, 5.41) is 0.528. The lowest BCUT2D eigenvalue weighted by molar-refractivity contribution is 0.277. The highest BCUT2D eigenvalue weighted by molar-refractivity contribution is 7.99. The van der Waals surface area contributed by atoms with E-state index in [0.717, 1.165) is 31.5 Å². The largest absolute Gasteiger partial charge is 0.370 e. The topological polar surface area (TPSA) is 41.6 Å². The summed E-state index contributed by atoms with van der Waals surface area (Å²) in [5.41, 5.74) is 6.38. The monoisotopic (exact) mass is 271 g/mol. The van der Waals surface area contributed by atoms with E-state index in [1.165, 1.54) is 12.8 Å². The predicted molar refractivity (Wildman–Crippen MR) is 83.2 cm³/mol. The number of nitrogens with two attached hydrogens (primary N) is 1. The molecule has 2 N–H and O–H groups in total. The molecule has 1 aliphatic heterocycles. The first-order valence-corrected chi connectivity index (χ1v) is 8.21. The molecule has 0 aromatic rings. The van der Waals surface area contributed by atoms with Crippen LogP contribution in [0.15, 0.2) is 4.99 Å². The fourth-order valence-electron chi connectivity index (χ4n) is 2.22. The summed E-state index contributed by atoms with van der Waals surface area (Å²) >= 11 is 1.88. The van der Waals surface area contributed by atoms with Crippen LogP contribution in [0.3, 0.4) is 0 Å². The molecule has 1 rings (SSSR count). The van der Waals surface area contributed by atoms with Gasteiger partial charge in [-0.25, -0.2) is 0 Å². The summed E-state index contributed by atoms with van der Waals surface area (Å²) in [6.45, 7) is 12.1. The minimum Gasteiger partial charge on any atom is -0.370 e. The molecule has 0 bridgehead atoms. The van der Waals surface area contributed by atoms with Gasteiger partial charge in [0.25, 0.3) is 0 Å². The van der Waals surface area contributed by atoms with Crippen LogP contribution >= 0.6 is 11.8 Å². The molecule has 0 saturated carbocycles. The number of rotatable bonds is 3. The minimum atomic E-state index is 0.277. The highest BCUT2D eigenvalue weighted by Crippen LogP contribution is 2.29. The van der Waals surface area contributed by atoms with Gasteiger partial charge in [-0.1, -0.05) is 27.7 Å². The molecule has 18 heavy (non-hydrogen) atoms. The van der Waals surface area contributed by atoms with Crippen LogP contribution < -0.4 is 5.73 Å². The normalized spacial score (nSPS) is 21.2. The Balaban J connectivity index is 2.50. The Labute approximate surface area is 117 Å². The van der Waals surface area contributed by atoms with Crippen LogP contribution in [0.2, 0.25) is 0 Å². The molecule has 4 heteroatoms. The van der Waals surface area contributed by atoms with Gasteiger partial charge < -0.3 is 10.6 Å². The van der Waals surface area contributed by atoms with Crippen molar-refractivity contribution in [1.29, 1.82) is 0 Å². The molecule has 0 radical (unpaired) electrons. The summed E-state index contributed by atoms with van der Waals surface area (Å²) in [5.74, 6) is 1.58. The van der Waals surface area contributed by atoms with Crippen molar-refractivity contribution < 1.29 is 0 Å². The maximum Gasteiger partial charge on any atom is 0.191 e. The molecule has 0 aromatic heterocycles. The van der Waals surface area contributed by atoms with Gasteiger partial charge in [0.15, 0.2) is 5.96 Å². The fourth-order valence-corrected chi connectivity index (χ4v) is 3.15. The van der Waals surface area contributed by atoms with Crippen molar-refractivity contribution in [2.24, 2.45) is 22.1 Å². The molecule has 0 spiro atoms. The molecule has 3 nitrogen and oxygen atoms in total. The fraction of sp³-hybridized carbons (Fsp3) is 0.929. The zero-order valence-corrected chi connectivity index (χ0v) is 13.4. The van der Waals surface area contributed by atoms with E-state index in [9.17, 15) is 0 Å². The smallest absolute Gasteiger partial charge is 0.191 e. The Bertz CT molecular complexity index is 275. The second-order valence-corrected chi connectivity index (χ2v) is 7.50. The molecule has 1 saturated heterocycles. The number of likely N-dealkylation sites (tertiary alicyclic amines) is 1. The van der Waals surface area contributed by atoms with E-state index >= 15 is 0 Å². The maximum absolute atomic E-state index is 6.11. The lowest BCUT2D eigenvalue weighted by atomic mass is 9.92. The van der Waals surface area contributed by atoms with E-state index in [2.05, 4.69) is 43.8 Å². The number of guanidine groups is 1. The van der Waals surface area contributed by atoms with Gasteiger partial charge in [-0.3, -0.25) is 4.99 Å². The summed E-state index contributed by atoms with van der Waals surface area (Å²) in [6.07, 6.45) is 4.63. The van der Waals surface area contributed by atoms with E-state index in [0.29, 0.717) is 5.25 Å². The number of thioether (sulfide) groups is 1. The Morgan fingerprint density at radius 3 is 2.39 bits per heavy atom. The summed E-state index contributed by atoms with van der Waals surface area (Å²) < 4.78 is 0. The van der Waals surface area contributed by atoms with Crippen LogP contribution in [0.5, 0.6) is 0 Å². The molecule has 0 aromatic carbocycles. The van der Waals surface area contributed by atoms with Gasteiger partial charge in [0, 0.05) is 18.3 Å². The first-order valence-electron chi connectivity index (χ1n) is 6.92. The zero-order valence-electron chi connectivity index (χ0n) is 12.6. The van der Waals surface area contributed by atoms with Crippen molar-refractivity contribution in [3.8, 4) is 0 Å². The minimum absolute atomic E-state index is 0.277. The number of hydrogen-bond acceptors (Lipinski definition) is 2. The van der Waals surface area contributed by atoms with Gasteiger partial charge >= 0.3 is 0 Å². The highest BCUT2D eigenvalue weighted by atomic mass is 32.2. The van der Waals surface area contributed by atoms with Crippen molar-refractivity contribution >= 4 is 17.7 Å². The zero-order chi connectivity index (χ0) is 13.8. The lowest BCUT2D eigenvalue weighted by Gasteiger charge is -2.32. The van der Waals surface area contributed by atoms with Crippen LogP contribution in [0.25, 0.3) is 0 Å². The van der Waals surface area contributed by atoms with Crippen molar-refractivity contribution in [3.63, 3.8) is 0 Å². The molecule has 1 heterocycles. The molecule has 1 atom stereocenters. The lowest BCUT2D eigenvalue weighted by Crippen LogP contribution is -2.43. The van der Waals surface area contributed by atoms with E-state index in [1.54, 1.807) is 0 Å². The first kappa shape index (κ1) is 15.7. The van der Waals surface area contributed by atoms with E-state index < -0.39 is 0 Å². The van der Waals surface area contributed by atoms with Crippen LogP contribution in [0.1, 0.15) is 40.5 Å². The van der Waals surface area contributed by atoms with Gasteiger partial charge in [-0.05, 0) is 30.4 Å². The van der Waals surface area contributed by atoms with E-state index in [4.69, 9.17) is 5.73 Å². The van der Waals surface area contributed by atoms with Crippen LogP contribution in [0.4, 0.5) is 0 Å². The second-order valence-electron chi connectivity index (χ2n) is 6.46. The molecular formula is C14H29N3S. The Hall–Kier alpha value is -0.380. The molecule has 0 amide bonds. The first-order chi connectivity index (χ1) is 8.34. The Morgan fingerprint density at radius 2 is 1.94 bits per heavy atom. The number of piperidine rings is 1. The average molecular weight is 271 g/mol. The third kappa shape index (κ3) is 4.71. The number of nitrogens with zero attached hydrogens (tertiary/aromatic N) is 2. The summed E-state index contributed by atoms with van der Waals surface area (Å²) in [6, 6.07) is 0. The van der Waals surface area contributed by atoms with Crippen LogP contribution in [-0.2, 0) is 0 Å². The van der Waals surface area contributed by atoms with Crippen LogP contribution in [-0.4, -0.2) is 42.0 Å². The van der Waals surface area contributed by atoms with Crippen molar-refractivity contribution in [2.45, 2.75) is 45.8 Å². The second kappa shape index (κ2) is 6.69. The average Bonchev–Trinajstić information content (AvgIpc) is 2.28. The third-order valence-electron chi connectivity index (χ3n) is 3.78. The maximum atomic E-state index is 6.11. The SMILES string of the molecule is CSC(CN=C(N)N1CCC(C)CC1)C(C)(C)C. The summed E-state index contributed by atoms with van der Waals surface area (Å²) in [4.78, 5) is 6.85. The highest BCUT2D eigenvalue weighted by Gasteiger charge is 2.24.